The summed E-state index contributed by atoms with van der Waals surface area (Å²) in [4.78, 5) is 47.9. The highest BCUT2D eigenvalue weighted by Crippen LogP contribution is 2.29. The maximum absolute atomic E-state index is 13.9. The second-order valence-corrected chi connectivity index (χ2v) is 13.7. The van der Waals surface area contributed by atoms with Crippen LogP contribution in [0.2, 0.25) is 0 Å². The minimum atomic E-state index is -1.15. The molecule has 0 radical (unpaired) electrons. The molecule has 2 aromatic rings. The molecule has 0 bridgehead atoms. The molecule has 238 valence electrons. The second-order valence-electron chi connectivity index (χ2n) is 13.7. The highest BCUT2D eigenvalue weighted by molar-refractivity contribution is 5.92. The van der Waals surface area contributed by atoms with Gasteiger partial charge in [-0.05, 0) is 30.2 Å². The molecular formula is C34H52N4O5. The number of aliphatic hydroxyl groups excluding tert-OH is 2. The number of imidazole rings is 1. The summed E-state index contributed by atoms with van der Waals surface area (Å²) in [6.45, 7) is 9.18. The van der Waals surface area contributed by atoms with Crippen molar-refractivity contribution in [2.24, 2.45) is 23.2 Å². The van der Waals surface area contributed by atoms with Crippen LogP contribution in [0.25, 0.3) is 0 Å². The zero-order chi connectivity index (χ0) is 31.6. The Bertz CT molecular complexity index is 1140. The first-order chi connectivity index (χ1) is 20.3. The molecule has 3 rings (SSSR count). The number of carbonyl (C=O) groups is 3. The second kappa shape index (κ2) is 16.1. The van der Waals surface area contributed by atoms with Gasteiger partial charge in [0.1, 0.15) is 17.9 Å². The predicted molar refractivity (Wildman–Crippen MR) is 167 cm³/mol. The van der Waals surface area contributed by atoms with Crippen molar-refractivity contribution in [3.05, 3.63) is 54.1 Å². The number of aromatic amines is 1. The molecule has 5 atom stereocenters. The van der Waals surface area contributed by atoms with Crippen molar-refractivity contribution >= 4 is 17.6 Å². The normalized spacial score (nSPS) is 18.0. The third-order valence-electron chi connectivity index (χ3n) is 8.65. The summed E-state index contributed by atoms with van der Waals surface area (Å²) < 4.78 is 0. The molecule has 1 aromatic carbocycles. The van der Waals surface area contributed by atoms with Crippen LogP contribution in [0.3, 0.4) is 0 Å². The van der Waals surface area contributed by atoms with Gasteiger partial charge in [-0.25, -0.2) is 4.98 Å². The summed E-state index contributed by atoms with van der Waals surface area (Å²) in [6, 6.07) is 7.88. The first-order valence-electron chi connectivity index (χ1n) is 15.9. The summed E-state index contributed by atoms with van der Waals surface area (Å²) in [5.74, 6) is -1.40. The van der Waals surface area contributed by atoms with Crippen molar-refractivity contribution in [1.82, 2.24) is 20.6 Å². The van der Waals surface area contributed by atoms with Gasteiger partial charge in [-0.1, -0.05) is 97.1 Å². The number of ketones is 1. The fourth-order valence-electron chi connectivity index (χ4n) is 5.78. The lowest BCUT2D eigenvalue weighted by Crippen LogP contribution is -2.57. The largest absolute Gasteiger partial charge is 0.390 e. The number of nitrogens with zero attached hydrogens (tertiary/aromatic N) is 1. The third-order valence-corrected chi connectivity index (χ3v) is 8.65. The Kier molecular flexibility index (Phi) is 12.9. The molecule has 1 fully saturated rings. The Morgan fingerprint density at radius 2 is 1.63 bits per heavy atom. The van der Waals surface area contributed by atoms with E-state index in [0.29, 0.717) is 24.5 Å². The molecule has 0 unspecified atom stereocenters. The quantitative estimate of drug-likeness (QED) is 0.209. The molecular weight excluding hydrogens is 544 g/mol. The number of nitrogens with one attached hydrogen (secondary N) is 3. The van der Waals surface area contributed by atoms with Gasteiger partial charge in [-0.15, -0.1) is 0 Å². The van der Waals surface area contributed by atoms with E-state index in [1.54, 1.807) is 6.20 Å². The first-order valence-corrected chi connectivity index (χ1v) is 15.9. The number of benzene rings is 1. The van der Waals surface area contributed by atoms with Crippen LogP contribution < -0.4 is 10.6 Å². The summed E-state index contributed by atoms with van der Waals surface area (Å²) in [7, 11) is 0. The van der Waals surface area contributed by atoms with Gasteiger partial charge in [0.2, 0.25) is 11.8 Å². The Hall–Kier alpha value is -3.04. The van der Waals surface area contributed by atoms with Gasteiger partial charge >= 0.3 is 0 Å². The van der Waals surface area contributed by atoms with Crippen LogP contribution in [0.15, 0.2) is 42.9 Å². The van der Waals surface area contributed by atoms with Crippen LogP contribution in [0, 0.1) is 23.2 Å². The molecule has 0 spiro atoms. The fraction of sp³-hybridized carbons (Fsp3) is 0.647. The molecule has 5 N–H and O–H groups in total. The molecule has 9 heteroatoms. The number of H-pyrrole nitrogens is 1. The van der Waals surface area contributed by atoms with Crippen molar-refractivity contribution in [3.8, 4) is 0 Å². The molecule has 1 saturated carbocycles. The summed E-state index contributed by atoms with van der Waals surface area (Å²) in [5, 5.41) is 27.8. The molecule has 43 heavy (non-hydrogen) atoms. The molecule has 1 aliphatic rings. The number of aromatic nitrogens is 2. The standard InChI is InChI=1S/C34H52N4O5/c1-22(2)30(40)31(41)27(17-24-14-10-7-11-15-24)37-33(43)28(19-26-20-35-21-36-26)38-32(42)25(18-29(39)34(3,4)5)16-23-12-8-6-9-13-23/h6,8-9,12-13,20-22,24-25,27-28,30-31,40-41H,7,10-11,14-19H2,1-5H3,(H,35,36)(H,37,43)(H,38,42)/t25-,27+,28+,30+,31-/m1/s1. The van der Waals surface area contributed by atoms with E-state index in [0.717, 1.165) is 31.2 Å². The highest BCUT2D eigenvalue weighted by atomic mass is 16.3. The van der Waals surface area contributed by atoms with Gasteiger partial charge < -0.3 is 25.8 Å². The summed E-state index contributed by atoms with van der Waals surface area (Å²) in [5.41, 5.74) is 0.911. The van der Waals surface area contributed by atoms with E-state index in [4.69, 9.17) is 0 Å². The third kappa shape index (κ3) is 10.9. The number of rotatable bonds is 15. The lowest BCUT2D eigenvalue weighted by molar-refractivity contribution is -0.135. The van der Waals surface area contributed by atoms with Crippen LogP contribution in [0.1, 0.15) is 90.8 Å². The Morgan fingerprint density at radius 3 is 2.21 bits per heavy atom. The molecule has 1 heterocycles. The van der Waals surface area contributed by atoms with Gasteiger partial charge in [0, 0.05) is 30.4 Å². The number of Topliss-reactive ketones (excluding diaryl/α,β-unsaturated/α-hetero) is 1. The number of hydrogen-bond donors (Lipinski definition) is 5. The SMILES string of the molecule is CC(C)[C@H](O)[C@H](O)[C@H](CC1CCCCC1)NC(=O)[C@H](Cc1c[nH]cn1)NC(=O)[C@@H](CC(=O)C(C)(C)C)Cc1ccccc1. The predicted octanol–water partition coefficient (Wildman–Crippen LogP) is 4.13. The van der Waals surface area contributed by atoms with Crippen LogP contribution in [0.5, 0.6) is 0 Å². The molecule has 1 aliphatic carbocycles. The van der Waals surface area contributed by atoms with Crippen molar-refractivity contribution < 1.29 is 24.6 Å². The van der Waals surface area contributed by atoms with Crippen molar-refractivity contribution in [2.75, 3.05) is 0 Å². The average Bonchev–Trinajstić information content (AvgIpc) is 3.49. The number of amides is 2. The van der Waals surface area contributed by atoms with Crippen LogP contribution in [0.4, 0.5) is 0 Å². The topological polar surface area (TPSA) is 144 Å². The molecule has 1 aromatic heterocycles. The minimum absolute atomic E-state index is 0.0322. The van der Waals surface area contributed by atoms with Crippen LogP contribution >= 0.6 is 0 Å². The van der Waals surface area contributed by atoms with Gasteiger partial charge in [-0.2, -0.15) is 0 Å². The maximum atomic E-state index is 13.9. The first kappa shape index (κ1) is 34.5. The van der Waals surface area contributed by atoms with E-state index in [2.05, 4.69) is 20.6 Å². The molecule has 0 aliphatic heterocycles. The zero-order valence-electron chi connectivity index (χ0n) is 26.5. The van der Waals surface area contributed by atoms with Crippen LogP contribution in [-0.4, -0.2) is 62.1 Å². The van der Waals surface area contributed by atoms with Crippen molar-refractivity contribution in [2.45, 2.75) is 117 Å². The van der Waals surface area contributed by atoms with Crippen LogP contribution in [-0.2, 0) is 27.2 Å². The van der Waals surface area contributed by atoms with Crippen molar-refractivity contribution in [3.63, 3.8) is 0 Å². The fourth-order valence-corrected chi connectivity index (χ4v) is 5.78. The summed E-state index contributed by atoms with van der Waals surface area (Å²) >= 11 is 0. The van der Waals surface area contributed by atoms with E-state index in [1.165, 1.54) is 12.7 Å². The smallest absolute Gasteiger partial charge is 0.243 e. The Balaban J connectivity index is 1.84. The van der Waals surface area contributed by atoms with E-state index >= 15 is 0 Å². The number of aliphatic hydroxyl groups is 2. The van der Waals surface area contributed by atoms with E-state index in [9.17, 15) is 24.6 Å². The summed E-state index contributed by atoms with van der Waals surface area (Å²) in [6.07, 6.45) is 7.57. The van der Waals surface area contributed by atoms with Gasteiger partial charge in [0.25, 0.3) is 0 Å². The molecule has 9 nitrogen and oxygen atoms in total. The van der Waals surface area contributed by atoms with E-state index < -0.39 is 41.5 Å². The lowest BCUT2D eigenvalue weighted by Gasteiger charge is -2.34. The lowest BCUT2D eigenvalue weighted by atomic mass is 9.82. The number of carbonyl (C=O) groups excluding carboxylic acids is 3. The number of hydrogen-bond acceptors (Lipinski definition) is 6. The van der Waals surface area contributed by atoms with Gasteiger partial charge in [-0.3, -0.25) is 14.4 Å². The van der Waals surface area contributed by atoms with Gasteiger partial charge in [0.15, 0.2) is 0 Å². The molecule has 2 amide bonds. The van der Waals surface area contributed by atoms with Gasteiger partial charge in [0.05, 0.1) is 24.2 Å². The Morgan fingerprint density at radius 1 is 0.953 bits per heavy atom. The van der Waals surface area contributed by atoms with E-state index in [1.807, 2.05) is 65.0 Å². The Labute approximate surface area is 256 Å². The van der Waals surface area contributed by atoms with E-state index in [-0.39, 0.29) is 30.4 Å². The maximum Gasteiger partial charge on any atom is 0.243 e. The molecule has 0 saturated heterocycles. The highest BCUT2D eigenvalue weighted by Gasteiger charge is 2.35. The monoisotopic (exact) mass is 596 g/mol. The minimum Gasteiger partial charge on any atom is -0.390 e. The average molecular weight is 597 g/mol. The van der Waals surface area contributed by atoms with Crippen molar-refractivity contribution in [1.29, 1.82) is 0 Å². The zero-order valence-corrected chi connectivity index (χ0v) is 26.5.